The van der Waals surface area contributed by atoms with Gasteiger partial charge in [-0.2, -0.15) is 0 Å². The molecule has 1 saturated heterocycles. The van der Waals surface area contributed by atoms with Crippen molar-refractivity contribution in [1.29, 1.82) is 0 Å². The molecule has 0 unspecified atom stereocenters. The highest BCUT2D eigenvalue weighted by Crippen LogP contribution is 2.27. The van der Waals surface area contributed by atoms with Gasteiger partial charge in [-0.3, -0.25) is 4.79 Å². The van der Waals surface area contributed by atoms with Crippen LogP contribution in [0, 0.1) is 0 Å². The molecule has 5 atom stereocenters. The highest BCUT2D eigenvalue weighted by Gasteiger charge is 2.44. The van der Waals surface area contributed by atoms with Crippen LogP contribution < -0.4 is 5.32 Å². The number of hydrogen-bond acceptors (Lipinski definition) is 8. The number of nitrogens with one attached hydrogen (secondary N) is 1. The molecule has 1 amide bonds. The molecule has 0 aromatic carbocycles. The number of nitrogens with zero attached hydrogens (tertiary/aromatic N) is 3. The van der Waals surface area contributed by atoms with Crippen LogP contribution in [-0.4, -0.2) is 72.3 Å². The van der Waals surface area contributed by atoms with E-state index in [2.05, 4.69) is 15.6 Å². The lowest BCUT2D eigenvalue weighted by Crippen LogP contribution is -2.56. The van der Waals surface area contributed by atoms with Crippen LogP contribution in [0.3, 0.4) is 0 Å². The van der Waals surface area contributed by atoms with E-state index in [1.807, 2.05) is 0 Å². The van der Waals surface area contributed by atoms with Crippen LogP contribution in [0.5, 0.6) is 0 Å². The van der Waals surface area contributed by atoms with E-state index in [9.17, 15) is 20.1 Å². The fraction of sp³-hybridized carbons (Fsp3) is 0.727. The number of aromatic nitrogens is 3. The largest absolute Gasteiger partial charge is 0.394 e. The van der Waals surface area contributed by atoms with Crippen molar-refractivity contribution in [1.82, 2.24) is 20.3 Å². The third kappa shape index (κ3) is 3.36. The summed E-state index contributed by atoms with van der Waals surface area (Å²) in [7, 11) is 0. The molecule has 0 saturated carbocycles. The summed E-state index contributed by atoms with van der Waals surface area (Å²) in [6, 6.07) is 0. The average Bonchev–Trinajstić information content (AvgIpc) is 2.92. The second kappa shape index (κ2) is 6.45. The SMILES string of the molecule is CC(=O)NCc1cn([C@H]2O[C@H](CO)[C@@H](O)[C@H](O)[C@@H]2O)nn1. The van der Waals surface area contributed by atoms with Crippen molar-refractivity contribution >= 4 is 5.91 Å². The Bertz CT molecular complexity index is 493. The summed E-state index contributed by atoms with van der Waals surface area (Å²) in [5, 5.41) is 48.5. The number of rotatable bonds is 4. The van der Waals surface area contributed by atoms with Gasteiger partial charge in [-0.25, -0.2) is 4.68 Å². The van der Waals surface area contributed by atoms with Gasteiger partial charge in [0.05, 0.1) is 19.3 Å². The molecule has 0 spiro atoms. The second-order valence-corrected chi connectivity index (χ2v) is 4.82. The maximum absolute atomic E-state index is 10.8. The molecule has 10 heteroatoms. The van der Waals surface area contributed by atoms with Gasteiger partial charge in [0, 0.05) is 6.92 Å². The van der Waals surface area contributed by atoms with Crippen LogP contribution in [-0.2, 0) is 16.1 Å². The van der Waals surface area contributed by atoms with Gasteiger partial charge >= 0.3 is 0 Å². The van der Waals surface area contributed by atoms with Crippen molar-refractivity contribution in [2.24, 2.45) is 0 Å². The molecule has 2 rings (SSSR count). The van der Waals surface area contributed by atoms with Crippen LogP contribution in [0.25, 0.3) is 0 Å². The van der Waals surface area contributed by atoms with Gasteiger partial charge in [0.25, 0.3) is 0 Å². The molecular weight excluding hydrogens is 284 g/mol. The first-order valence-corrected chi connectivity index (χ1v) is 6.39. The summed E-state index contributed by atoms with van der Waals surface area (Å²) in [5.41, 5.74) is 0.433. The molecule has 1 aromatic heterocycles. The minimum Gasteiger partial charge on any atom is -0.394 e. The van der Waals surface area contributed by atoms with Gasteiger partial charge in [-0.05, 0) is 0 Å². The molecule has 5 N–H and O–H groups in total. The van der Waals surface area contributed by atoms with Gasteiger partial charge in [0.15, 0.2) is 6.23 Å². The van der Waals surface area contributed by atoms with E-state index >= 15 is 0 Å². The lowest BCUT2D eigenvalue weighted by Gasteiger charge is -2.39. The van der Waals surface area contributed by atoms with Crippen molar-refractivity contribution in [3.8, 4) is 0 Å². The molecule has 2 heterocycles. The zero-order valence-corrected chi connectivity index (χ0v) is 11.3. The molecule has 1 aliphatic rings. The van der Waals surface area contributed by atoms with E-state index in [1.54, 1.807) is 0 Å². The summed E-state index contributed by atoms with van der Waals surface area (Å²) in [6.07, 6.45) is -5.02. The van der Waals surface area contributed by atoms with E-state index in [0.717, 1.165) is 0 Å². The molecular formula is C11H18N4O6. The molecule has 10 nitrogen and oxygen atoms in total. The predicted molar refractivity (Wildman–Crippen MR) is 66.6 cm³/mol. The Balaban J connectivity index is 2.11. The monoisotopic (exact) mass is 302 g/mol. The highest BCUT2D eigenvalue weighted by atomic mass is 16.6. The molecule has 0 aliphatic carbocycles. The van der Waals surface area contributed by atoms with Gasteiger partial charge in [-0.1, -0.05) is 5.21 Å². The number of carbonyl (C=O) groups is 1. The Morgan fingerprint density at radius 2 is 2.10 bits per heavy atom. The topological polar surface area (TPSA) is 150 Å². The normalized spacial score (nSPS) is 32.9. The Labute approximate surface area is 120 Å². The van der Waals surface area contributed by atoms with Gasteiger partial charge < -0.3 is 30.5 Å². The average molecular weight is 302 g/mol. The van der Waals surface area contributed by atoms with Crippen LogP contribution in [0.1, 0.15) is 18.8 Å². The number of aliphatic hydroxyl groups is 4. The zero-order chi connectivity index (χ0) is 15.6. The van der Waals surface area contributed by atoms with Crippen molar-refractivity contribution < 1.29 is 30.0 Å². The third-order valence-corrected chi connectivity index (χ3v) is 3.20. The van der Waals surface area contributed by atoms with E-state index in [4.69, 9.17) is 9.84 Å². The first kappa shape index (κ1) is 15.8. The molecule has 0 radical (unpaired) electrons. The van der Waals surface area contributed by atoms with Gasteiger partial charge in [0.2, 0.25) is 5.91 Å². The third-order valence-electron chi connectivity index (χ3n) is 3.20. The predicted octanol–water partition coefficient (Wildman–Crippen LogP) is -3.11. The maximum Gasteiger partial charge on any atom is 0.217 e. The Kier molecular flexibility index (Phi) is 4.85. The van der Waals surface area contributed by atoms with Crippen LogP contribution in [0.15, 0.2) is 6.20 Å². The van der Waals surface area contributed by atoms with Crippen LogP contribution >= 0.6 is 0 Å². The molecule has 1 aliphatic heterocycles. The summed E-state index contributed by atoms with van der Waals surface area (Å²) >= 11 is 0. The van der Waals surface area contributed by atoms with Crippen LogP contribution in [0.4, 0.5) is 0 Å². The van der Waals surface area contributed by atoms with Crippen molar-refractivity contribution in [3.63, 3.8) is 0 Å². The molecule has 21 heavy (non-hydrogen) atoms. The van der Waals surface area contributed by atoms with Gasteiger partial charge in [0.1, 0.15) is 30.1 Å². The minimum atomic E-state index is -1.48. The Morgan fingerprint density at radius 1 is 1.38 bits per heavy atom. The number of ether oxygens (including phenoxy) is 1. The van der Waals surface area contributed by atoms with Gasteiger partial charge in [-0.15, -0.1) is 5.10 Å². The summed E-state index contributed by atoms with van der Waals surface area (Å²) in [5.74, 6) is -0.225. The van der Waals surface area contributed by atoms with E-state index < -0.39 is 37.3 Å². The lowest BCUT2D eigenvalue weighted by molar-refractivity contribution is -0.254. The number of aliphatic hydroxyl groups excluding tert-OH is 4. The second-order valence-electron chi connectivity index (χ2n) is 4.82. The summed E-state index contributed by atoms with van der Waals surface area (Å²) in [4.78, 5) is 10.8. The first-order valence-electron chi connectivity index (χ1n) is 6.39. The standard InChI is InChI=1S/C11H18N4O6/c1-5(17)12-2-6-3-15(14-13-6)11-10(20)9(19)8(18)7(4-16)21-11/h3,7-11,16,18-20H,2,4H2,1H3,(H,12,17)/t7-,8-,9+,10+,11+/m1/s1. The zero-order valence-electron chi connectivity index (χ0n) is 11.3. The molecule has 1 aromatic rings. The molecule has 118 valence electrons. The van der Waals surface area contributed by atoms with Crippen molar-refractivity contribution in [3.05, 3.63) is 11.9 Å². The number of carbonyl (C=O) groups excluding carboxylic acids is 1. The molecule has 1 fully saturated rings. The lowest BCUT2D eigenvalue weighted by atomic mass is 9.98. The smallest absolute Gasteiger partial charge is 0.217 e. The quantitative estimate of drug-likeness (QED) is 0.392. The minimum absolute atomic E-state index is 0.159. The number of amides is 1. The van der Waals surface area contributed by atoms with E-state index in [0.29, 0.717) is 5.69 Å². The highest BCUT2D eigenvalue weighted by molar-refractivity contribution is 5.72. The fourth-order valence-corrected chi connectivity index (χ4v) is 2.03. The number of hydrogen-bond donors (Lipinski definition) is 5. The Morgan fingerprint density at radius 3 is 2.71 bits per heavy atom. The van der Waals surface area contributed by atoms with E-state index in [1.165, 1.54) is 17.8 Å². The van der Waals surface area contributed by atoms with Crippen LogP contribution in [0.2, 0.25) is 0 Å². The summed E-state index contributed by atoms with van der Waals surface area (Å²) < 4.78 is 6.48. The fourth-order valence-electron chi connectivity index (χ4n) is 2.03. The van der Waals surface area contributed by atoms with Crippen molar-refractivity contribution in [2.75, 3.05) is 6.61 Å². The maximum atomic E-state index is 10.8. The first-order chi connectivity index (χ1) is 9.93. The van der Waals surface area contributed by atoms with E-state index in [-0.39, 0.29) is 12.5 Å². The molecule has 0 bridgehead atoms. The summed E-state index contributed by atoms with van der Waals surface area (Å²) in [6.45, 7) is 1.00. The van der Waals surface area contributed by atoms with Crippen molar-refractivity contribution in [2.45, 2.75) is 44.1 Å². The Hall–Kier alpha value is -1.59.